The smallest absolute Gasteiger partial charge is 0.410 e. The molecule has 0 bridgehead atoms. The summed E-state index contributed by atoms with van der Waals surface area (Å²) in [5.41, 5.74) is 0.663. The van der Waals surface area contributed by atoms with E-state index in [1.54, 1.807) is 11.8 Å². The summed E-state index contributed by atoms with van der Waals surface area (Å²) in [4.78, 5) is 26.6. The molecule has 0 aliphatic carbocycles. The molecule has 6 nitrogen and oxygen atoms in total. The van der Waals surface area contributed by atoms with Gasteiger partial charge in [-0.1, -0.05) is 30.3 Å². The number of rotatable bonds is 5. The molecule has 1 saturated heterocycles. The summed E-state index contributed by atoms with van der Waals surface area (Å²) in [7, 11) is 0. The molecule has 1 aromatic rings. The zero-order chi connectivity index (χ0) is 20.0. The lowest BCUT2D eigenvalue weighted by Gasteiger charge is -2.37. The lowest BCUT2D eigenvalue weighted by atomic mass is 9.91. The number of amides is 1. The second kappa shape index (κ2) is 9.22. The fourth-order valence-electron chi connectivity index (χ4n) is 3.43. The molecule has 1 aliphatic rings. The number of carbonyl (C=O) groups is 2. The van der Waals surface area contributed by atoms with E-state index < -0.39 is 5.60 Å². The van der Waals surface area contributed by atoms with E-state index in [0.29, 0.717) is 19.7 Å². The summed E-state index contributed by atoms with van der Waals surface area (Å²) in [6.45, 7) is 10.7. The number of piperidine rings is 1. The molecule has 0 radical (unpaired) electrons. The van der Waals surface area contributed by atoms with E-state index in [1.165, 1.54) is 5.56 Å². The molecule has 27 heavy (non-hydrogen) atoms. The van der Waals surface area contributed by atoms with Crippen molar-refractivity contribution >= 4 is 12.1 Å². The van der Waals surface area contributed by atoms with Gasteiger partial charge in [-0.15, -0.1) is 0 Å². The van der Waals surface area contributed by atoms with E-state index in [1.807, 2.05) is 39.0 Å². The summed E-state index contributed by atoms with van der Waals surface area (Å²) in [5.74, 6) is -0.607. The van der Waals surface area contributed by atoms with Crippen LogP contribution >= 0.6 is 0 Å². The Bertz CT molecular complexity index is 627. The van der Waals surface area contributed by atoms with Crippen LogP contribution in [0.4, 0.5) is 4.79 Å². The quantitative estimate of drug-likeness (QED) is 0.800. The Labute approximate surface area is 162 Å². The van der Waals surface area contributed by atoms with E-state index in [4.69, 9.17) is 9.47 Å². The highest BCUT2D eigenvalue weighted by molar-refractivity contribution is 5.75. The Kier molecular flexibility index (Phi) is 7.25. The summed E-state index contributed by atoms with van der Waals surface area (Å²) >= 11 is 0. The molecule has 0 saturated carbocycles. The minimum absolute atomic E-state index is 0.0675. The van der Waals surface area contributed by atoms with Crippen LogP contribution < -0.4 is 5.32 Å². The molecule has 0 aromatic heterocycles. The number of nitrogens with two attached hydrogens (primary N) is 1. The van der Waals surface area contributed by atoms with Crippen LogP contribution in [0.15, 0.2) is 30.3 Å². The van der Waals surface area contributed by atoms with Crippen molar-refractivity contribution in [2.24, 2.45) is 5.92 Å². The predicted molar refractivity (Wildman–Crippen MR) is 103 cm³/mol. The maximum Gasteiger partial charge on any atom is 0.410 e. The van der Waals surface area contributed by atoms with Crippen LogP contribution in [-0.2, 0) is 14.3 Å². The van der Waals surface area contributed by atoms with Gasteiger partial charge >= 0.3 is 12.1 Å². The van der Waals surface area contributed by atoms with Crippen molar-refractivity contribution < 1.29 is 24.4 Å². The molecule has 2 rings (SSSR count). The van der Waals surface area contributed by atoms with Crippen molar-refractivity contribution in [2.45, 2.75) is 58.7 Å². The Morgan fingerprint density at radius 1 is 1.26 bits per heavy atom. The van der Waals surface area contributed by atoms with Gasteiger partial charge < -0.3 is 19.7 Å². The van der Waals surface area contributed by atoms with Gasteiger partial charge in [-0.25, -0.2) is 4.79 Å². The maximum atomic E-state index is 12.6. The average Bonchev–Trinajstić information content (AvgIpc) is 2.61. The van der Waals surface area contributed by atoms with Crippen molar-refractivity contribution in [1.29, 1.82) is 0 Å². The second-order valence-electron chi connectivity index (χ2n) is 8.13. The number of carbonyl (C=O) groups excluding carboxylic acids is 2. The fraction of sp³-hybridized carbons (Fsp3) is 0.619. The van der Waals surface area contributed by atoms with E-state index >= 15 is 0 Å². The lowest BCUT2D eigenvalue weighted by Crippen LogP contribution is -2.93. The second-order valence-corrected chi connectivity index (χ2v) is 8.13. The Morgan fingerprint density at radius 3 is 2.52 bits per heavy atom. The van der Waals surface area contributed by atoms with Crippen LogP contribution in [-0.4, -0.2) is 48.3 Å². The summed E-state index contributed by atoms with van der Waals surface area (Å²) in [6.07, 6.45) is 0.353. The molecule has 1 aromatic carbocycles. The molecular formula is C21H33N2O4+. The highest BCUT2D eigenvalue weighted by atomic mass is 16.6. The SMILES string of the molecule is CCOC(=O)C1CN(C(=O)OC(C)(C)C)CCC1[NH2+][C@@H](C)c1ccccc1. The third-order valence-corrected chi connectivity index (χ3v) is 4.77. The monoisotopic (exact) mass is 377 g/mol. The first kappa shape index (κ1) is 21.2. The third-order valence-electron chi connectivity index (χ3n) is 4.77. The molecule has 1 aliphatic heterocycles. The molecule has 1 fully saturated rings. The van der Waals surface area contributed by atoms with E-state index in [9.17, 15) is 9.59 Å². The summed E-state index contributed by atoms with van der Waals surface area (Å²) in [6, 6.07) is 10.5. The molecular weight excluding hydrogens is 344 g/mol. The van der Waals surface area contributed by atoms with E-state index in [2.05, 4.69) is 24.4 Å². The highest BCUT2D eigenvalue weighted by Crippen LogP contribution is 2.20. The third kappa shape index (κ3) is 6.24. The van der Waals surface area contributed by atoms with Gasteiger partial charge in [-0.3, -0.25) is 4.79 Å². The summed E-state index contributed by atoms with van der Waals surface area (Å²) in [5, 5.41) is 2.23. The Morgan fingerprint density at radius 2 is 1.93 bits per heavy atom. The lowest BCUT2D eigenvalue weighted by molar-refractivity contribution is -0.731. The normalized spacial score (nSPS) is 21.4. The number of ether oxygens (including phenoxy) is 2. The maximum absolute atomic E-state index is 12.6. The first-order valence-corrected chi connectivity index (χ1v) is 9.75. The first-order valence-electron chi connectivity index (χ1n) is 9.75. The minimum atomic E-state index is -0.554. The van der Waals surface area contributed by atoms with E-state index in [0.717, 1.165) is 6.42 Å². The summed E-state index contributed by atoms with van der Waals surface area (Å²) < 4.78 is 10.8. The predicted octanol–water partition coefficient (Wildman–Crippen LogP) is 2.50. The molecule has 2 unspecified atom stereocenters. The number of quaternary nitrogens is 1. The zero-order valence-corrected chi connectivity index (χ0v) is 17.1. The standard InChI is InChI=1S/C21H32N2O4/c1-6-26-19(24)17-14-23(20(25)27-21(3,4)5)13-12-18(17)22-15(2)16-10-8-7-9-11-16/h7-11,15,17-18,22H,6,12-14H2,1-5H3/p+1/t15-,17?,18?/m0/s1. The van der Waals surface area contributed by atoms with Gasteiger partial charge in [0.15, 0.2) is 0 Å². The largest absolute Gasteiger partial charge is 0.466 e. The van der Waals surface area contributed by atoms with Gasteiger partial charge in [0.25, 0.3) is 0 Å². The van der Waals surface area contributed by atoms with Gasteiger partial charge in [0.05, 0.1) is 6.61 Å². The number of esters is 1. The van der Waals surface area contributed by atoms with E-state index in [-0.39, 0.29) is 30.1 Å². The molecule has 150 valence electrons. The number of hydrogen-bond acceptors (Lipinski definition) is 4. The zero-order valence-electron chi connectivity index (χ0n) is 17.1. The van der Waals surface area contributed by atoms with Crippen LogP contribution in [0.1, 0.15) is 52.6 Å². The number of benzene rings is 1. The molecule has 3 atom stereocenters. The Hall–Kier alpha value is -2.08. The van der Waals surface area contributed by atoms with Gasteiger partial charge in [-0.2, -0.15) is 0 Å². The van der Waals surface area contributed by atoms with Crippen LogP contribution in [0.3, 0.4) is 0 Å². The molecule has 1 heterocycles. The molecule has 1 amide bonds. The number of likely N-dealkylation sites (tertiary alicyclic amines) is 1. The molecule has 0 spiro atoms. The van der Waals surface area contributed by atoms with Crippen LogP contribution in [0.25, 0.3) is 0 Å². The fourth-order valence-corrected chi connectivity index (χ4v) is 3.43. The van der Waals surface area contributed by atoms with Gasteiger partial charge in [0.1, 0.15) is 23.6 Å². The van der Waals surface area contributed by atoms with Crippen molar-refractivity contribution in [2.75, 3.05) is 19.7 Å². The van der Waals surface area contributed by atoms with Crippen LogP contribution in [0.5, 0.6) is 0 Å². The van der Waals surface area contributed by atoms with Gasteiger partial charge in [-0.05, 0) is 34.6 Å². The van der Waals surface area contributed by atoms with Crippen molar-refractivity contribution in [1.82, 2.24) is 4.90 Å². The highest BCUT2D eigenvalue weighted by Gasteiger charge is 2.41. The van der Waals surface area contributed by atoms with Crippen molar-refractivity contribution in [3.63, 3.8) is 0 Å². The Balaban J connectivity index is 2.08. The molecule has 6 heteroatoms. The van der Waals surface area contributed by atoms with Crippen LogP contribution in [0, 0.1) is 5.92 Å². The number of nitrogens with zero attached hydrogens (tertiary/aromatic N) is 1. The minimum Gasteiger partial charge on any atom is -0.466 e. The van der Waals surface area contributed by atoms with Crippen molar-refractivity contribution in [3.05, 3.63) is 35.9 Å². The first-order chi connectivity index (χ1) is 12.7. The van der Waals surface area contributed by atoms with Crippen molar-refractivity contribution in [3.8, 4) is 0 Å². The topological polar surface area (TPSA) is 72.5 Å². The van der Waals surface area contributed by atoms with Crippen LogP contribution in [0.2, 0.25) is 0 Å². The average molecular weight is 378 g/mol. The van der Waals surface area contributed by atoms with Gasteiger partial charge in [0.2, 0.25) is 0 Å². The van der Waals surface area contributed by atoms with Gasteiger partial charge in [0, 0.05) is 25.1 Å². The molecule has 2 N–H and O–H groups in total. The number of hydrogen-bond donors (Lipinski definition) is 1.